The third-order valence-corrected chi connectivity index (χ3v) is 1.32. The Labute approximate surface area is 53.6 Å². The Hall–Kier alpha value is -0.990. The van der Waals surface area contributed by atoms with Gasteiger partial charge < -0.3 is 14.8 Å². The number of nitrogens with zero attached hydrogens (tertiary/aromatic N) is 1. The van der Waals surface area contributed by atoms with Gasteiger partial charge in [-0.3, -0.25) is 0 Å². The molecule has 1 rings (SSSR count). The van der Waals surface area contributed by atoms with Crippen LogP contribution in [0, 0.1) is 0 Å². The summed E-state index contributed by atoms with van der Waals surface area (Å²) in [7, 11) is 0. The van der Waals surface area contributed by atoms with Gasteiger partial charge >= 0.3 is 0 Å². The molecule has 1 amide bonds. The Morgan fingerprint density at radius 2 is 2.33 bits per heavy atom. The predicted octanol–water partition coefficient (Wildman–Crippen LogP) is -0.408. The second-order valence-electron chi connectivity index (χ2n) is 1.97. The zero-order valence-electron chi connectivity index (χ0n) is 5.04. The van der Waals surface area contributed by atoms with Crippen LogP contribution in [0.1, 0.15) is 6.42 Å². The Kier molecular flexibility index (Phi) is 1.72. The summed E-state index contributed by atoms with van der Waals surface area (Å²) < 4.78 is 0. The molecule has 0 aromatic rings. The van der Waals surface area contributed by atoms with Gasteiger partial charge in [-0.05, 0) is 6.42 Å². The van der Waals surface area contributed by atoms with Crippen molar-refractivity contribution in [2.75, 3.05) is 13.1 Å². The molecular formula is C6H8NO2-. The molecule has 3 heteroatoms. The summed E-state index contributed by atoms with van der Waals surface area (Å²) in [5.74, 6) is 0. The molecule has 1 aliphatic rings. The first kappa shape index (κ1) is 6.13. The van der Waals surface area contributed by atoms with Crippen molar-refractivity contribution >= 4 is 6.09 Å². The van der Waals surface area contributed by atoms with Crippen LogP contribution in [0.2, 0.25) is 0 Å². The zero-order valence-corrected chi connectivity index (χ0v) is 5.04. The van der Waals surface area contributed by atoms with E-state index in [1.54, 1.807) is 0 Å². The van der Waals surface area contributed by atoms with Crippen molar-refractivity contribution in [3.63, 3.8) is 0 Å². The van der Waals surface area contributed by atoms with E-state index in [1.165, 1.54) is 4.90 Å². The summed E-state index contributed by atoms with van der Waals surface area (Å²) >= 11 is 0. The summed E-state index contributed by atoms with van der Waals surface area (Å²) in [6, 6.07) is 0. The highest BCUT2D eigenvalue weighted by molar-refractivity contribution is 5.62. The fourth-order valence-electron chi connectivity index (χ4n) is 0.807. The molecule has 0 atom stereocenters. The van der Waals surface area contributed by atoms with Crippen LogP contribution in [-0.4, -0.2) is 24.1 Å². The lowest BCUT2D eigenvalue weighted by molar-refractivity contribution is -0.265. The number of carbonyl (C=O) groups is 1. The number of hydrogen-bond donors (Lipinski definition) is 0. The van der Waals surface area contributed by atoms with Crippen molar-refractivity contribution in [3.05, 3.63) is 12.2 Å². The van der Waals surface area contributed by atoms with E-state index in [-0.39, 0.29) is 0 Å². The van der Waals surface area contributed by atoms with Crippen molar-refractivity contribution in [2.45, 2.75) is 6.42 Å². The molecule has 0 aromatic carbocycles. The Balaban J connectivity index is 2.44. The lowest BCUT2D eigenvalue weighted by atomic mass is 10.3. The fourth-order valence-corrected chi connectivity index (χ4v) is 0.807. The zero-order chi connectivity index (χ0) is 6.69. The summed E-state index contributed by atoms with van der Waals surface area (Å²) in [6.07, 6.45) is 3.55. The third-order valence-electron chi connectivity index (χ3n) is 1.32. The van der Waals surface area contributed by atoms with E-state index in [9.17, 15) is 9.90 Å². The number of carbonyl (C=O) groups excluding carboxylic acids is 1. The number of carboxylic acid groups (broad SMARTS) is 1. The second kappa shape index (κ2) is 2.53. The average Bonchev–Trinajstić information content (AvgIpc) is 1.90. The predicted molar refractivity (Wildman–Crippen MR) is 30.7 cm³/mol. The molecule has 0 unspecified atom stereocenters. The molecule has 0 aromatic heterocycles. The van der Waals surface area contributed by atoms with E-state index in [0.29, 0.717) is 13.1 Å². The molecule has 1 aliphatic heterocycles. The van der Waals surface area contributed by atoms with Gasteiger partial charge in [0.25, 0.3) is 0 Å². The van der Waals surface area contributed by atoms with Crippen molar-refractivity contribution < 1.29 is 9.90 Å². The van der Waals surface area contributed by atoms with E-state index in [4.69, 9.17) is 0 Å². The highest BCUT2D eigenvalue weighted by Gasteiger charge is 2.02. The summed E-state index contributed by atoms with van der Waals surface area (Å²) in [4.78, 5) is 11.4. The minimum atomic E-state index is -1.07. The standard InChI is InChI=1S/C6H9NO2/c8-6(9)7-4-2-1-3-5-7/h1-2H,3-5H2,(H,8,9)/p-1. The quantitative estimate of drug-likeness (QED) is 0.414. The second-order valence-corrected chi connectivity index (χ2v) is 1.97. The van der Waals surface area contributed by atoms with E-state index >= 15 is 0 Å². The number of rotatable bonds is 0. The van der Waals surface area contributed by atoms with Gasteiger partial charge in [0, 0.05) is 13.1 Å². The van der Waals surface area contributed by atoms with Gasteiger partial charge in [0.05, 0.1) is 0 Å². The molecule has 0 spiro atoms. The Morgan fingerprint density at radius 3 is 2.67 bits per heavy atom. The lowest BCUT2D eigenvalue weighted by Crippen LogP contribution is -2.42. The molecule has 9 heavy (non-hydrogen) atoms. The van der Waals surface area contributed by atoms with Crippen molar-refractivity contribution in [3.8, 4) is 0 Å². The lowest BCUT2D eigenvalue weighted by Gasteiger charge is -2.25. The topological polar surface area (TPSA) is 43.4 Å². The van der Waals surface area contributed by atoms with Crippen LogP contribution in [0.4, 0.5) is 4.79 Å². The monoisotopic (exact) mass is 126 g/mol. The molecule has 0 N–H and O–H groups in total. The van der Waals surface area contributed by atoms with Crippen LogP contribution < -0.4 is 5.11 Å². The first-order chi connectivity index (χ1) is 4.30. The van der Waals surface area contributed by atoms with Gasteiger partial charge in [0.2, 0.25) is 0 Å². The third kappa shape index (κ3) is 1.45. The summed E-state index contributed by atoms with van der Waals surface area (Å²) in [5.41, 5.74) is 0. The molecule has 0 aliphatic carbocycles. The average molecular weight is 126 g/mol. The van der Waals surface area contributed by atoms with E-state index in [2.05, 4.69) is 0 Å². The summed E-state index contributed by atoms with van der Waals surface area (Å²) in [6.45, 7) is 1.07. The molecule has 0 saturated heterocycles. The van der Waals surface area contributed by atoms with Crippen LogP contribution in [-0.2, 0) is 0 Å². The highest BCUT2D eigenvalue weighted by atomic mass is 16.4. The maximum atomic E-state index is 10.1. The fraction of sp³-hybridized carbons (Fsp3) is 0.500. The van der Waals surface area contributed by atoms with Crippen LogP contribution in [0.15, 0.2) is 12.2 Å². The van der Waals surface area contributed by atoms with E-state index < -0.39 is 6.09 Å². The molecule has 0 saturated carbocycles. The van der Waals surface area contributed by atoms with E-state index in [0.717, 1.165) is 6.42 Å². The van der Waals surface area contributed by atoms with Crippen molar-refractivity contribution in [1.29, 1.82) is 0 Å². The van der Waals surface area contributed by atoms with Crippen molar-refractivity contribution in [2.24, 2.45) is 0 Å². The smallest absolute Gasteiger partial charge is 0.137 e. The van der Waals surface area contributed by atoms with Crippen LogP contribution >= 0.6 is 0 Å². The highest BCUT2D eigenvalue weighted by Crippen LogP contribution is 1.98. The molecule has 0 bridgehead atoms. The SMILES string of the molecule is O=C([O-])N1CC=CCC1. The maximum absolute atomic E-state index is 10.1. The number of amides is 1. The van der Waals surface area contributed by atoms with Crippen LogP contribution in [0.25, 0.3) is 0 Å². The largest absolute Gasteiger partial charge is 0.530 e. The van der Waals surface area contributed by atoms with Gasteiger partial charge in [-0.25, -0.2) is 0 Å². The van der Waals surface area contributed by atoms with Crippen LogP contribution in [0.3, 0.4) is 0 Å². The van der Waals surface area contributed by atoms with Gasteiger partial charge in [-0.1, -0.05) is 12.2 Å². The van der Waals surface area contributed by atoms with Gasteiger partial charge in [-0.2, -0.15) is 0 Å². The summed E-state index contributed by atoms with van der Waals surface area (Å²) in [5, 5.41) is 10.1. The van der Waals surface area contributed by atoms with Crippen LogP contribution in [0.5, 0.6) is 0 Å². The normalized spacial score (nSPS) is 18.0. The molecule has 0 radical (unpaired) electrons. The Morgan fingerprint density at radius 1 is 1.56 bits per heavy atom. The molecule has 1 heterocycles. The number of hydrogen-bond acceptors (Lipinski definition) is 2. The van der Waals surface area contributed by atoms with Gasteiger partial charge in [-0.15, -0.1) is 0 Å². The molecule has 3 nitrogen and oxygen atoms in total. The molecule has 0 fully saturated rings. The van der Waals surface area contributed by atoms with E-state index in [1.807, 2.05) is 12.2 Å². The van der Waals surface area contributed by atoms with Crippen molar-refractivity contribution in [1.82, 2.24) is 4.90 Å². The Bertz CT molecular complexity index is 142. The first-order valence-electron chi connectivity index (χ1n) is 2.91. The minimum Gasteiger partial charge on any atom is -0.530 e. The minimum absolute atomic E-state index is 0.488. The van der Waals surface area contributed by atoms with Gasteiger partial charge in [0.1, 0.15) is 6.09 Å². The van der Waals surface area contributed by atoms with Gasteiger partial charge in [0.15, 0.2) is 0 Å². The molecular weight excluding hydrogens is 118 g/mol. The molecule has 50 valence electrons. The maximum Gasteiger partial charge on any atom is 0.137 e. The first-order valence-corrected chi connectivity index (χ1v) is 2.91.